The highest BCUT2D eigenvalue weighted by molar-refractivity contribution is 5.93. The van der Waals surface area contributed by atoms with E-state index in [0.717, 1.165) is 30.0 Å². The smallest absolute Gasteiger partial charge is 0.238 e. The number of aromatic nitrogens is 2. The van der Waals surface area contributed by atoms with E-state index in [2.05, 4.69) is 10.4 Å². The maximum atomic E-state index is 11.9. The number of aliphatic hydroxyl groups excluding tert-OH is 1. The SMILES string of the molecule is Cc1nn(C)c(C)c1NC(=O)CN1CC[C@H](O)C1. The number of aliphatic hydroxyl groups is 1. The molecule has 2 heterocycles. The van der Waals surface area contributed by atoms with E-state index in [9.17, 15) is 9.90 Å². The lowest BCUT2D eigenvalue weighted by Crippen LogP contribution is -2.32. The number of anilines is 1. The van der Waals surface area contributed by atoms with E-state index < -0.39 is 0 Å². The summed E-state index contributed by atoms with van der Waals surface area (Å²) < 4.78 is 1.75. The number of nitrogens with one attached hydrogen (secondary N) is 1. The fourth-order valence-electron chi connectivity index (χ4n) is 2.29. The van der Waals surface area contributed by atoms with Gasteiger partial charge in [-0.15, -0.1) is 0 Å². The molecule has 0 saturated carbocycles. The summed E-state index contributed by atoms with van der Waals surface area (Å²) >= 11 is 0. The van der Waals surface area contributed by atoms with Crippen LogP contribution in [0.3, 0.4) is 0 Å². The van der Waals surface area contributed by atoms with Crippen molar-refractivity contribution in [2.24, 2.45) is 7.05 Å². The van der Waals surface area contributed by atoms with Crippen LogP contribution in [0.5, 0.6) is 0 Å². The van der Waals surface area contributed by atoms with E-state index in [1.165, 1.54) is 0 Å². The first-order chi connectivity index (χ1) is 8.47. The normalized spacial score (nSPS) is 20.3. The van der Waals surface area contributed by atoms with E-state index in [1.54, 1.807) is 4.68 Å². The van der Waals surface area contributed by atoms with Gasteiger partial charge in [0.25, 0.3) is 0 Å². The van der Waals surface area contributed by atoms with Crippen LogP contribution in [0.25, 0.3) is 0 Å². The van der Waals surface area contributed by atoms with Gasteiger partial charge >= 0.3 is 0 Å². The molecule has 1 atom stereocenters. The highest BCUT2D eigenvalue weighted by Gasteiger charge is 2.22. The highest BCUT2D eigenvalue weighted by atomic mass is 16.3. The highest BCUT2D eigenvalue weighted by Crippen LogP contribution is 2.18. The monoisotopic (exact) mass is 252 g/mol. The fourth-order valence-corrected chi connectivity index (χ4v) is 2.29. The Labute approximate surface area is 107 Å². The van der Waals surface area contributed by atoms with E-state index in [1.807, 2.05) is 25.8 Å². The average Bonchev–Trinajstić information content (AvgIpc) is 2.78. The molecule has 18 heavy (non-hydrogen) atoms. The molecule has 100 valence electrons. The number of likely N-dealkylation sites (tertiary alicyclic amines) is 1. The predicted molar refractivity (Wildman–Crippen MR) is 68.4 cm³/mol. The number of hydrogen-bond donors (Lipinski definition) is 2. The van der Waals surface area contributed by atoms with Crippen LogP contribution in [0.1, 0.15) is 17.8 Å². The Bertz CT molecular complexity index is 455. The van der Waals surface area contributed by atoms with Crippen LogP contribution in [0.15, 0.2) is 0 Å². The molecule has 0 radical (unpaired) electrons. The van der Waals surface area contributed by atoms with Crippen molar-refractivity contribution in [2.45, 2.75) is 26.4 Å². The largest absolute Gasteiger partial charge is 0.392 e. The molecule has 1 aromatic rings. The molecule has 0 spiro atoms. The fraction of sp³-hybridized carbons (Fsp3) is 0.667. The topological polar surface area (TPSA) is 70.4 Å². The van der Waals surface area contributed by atoms with Crippen LogP contribution >= 0.6 is 0 Å². The van der Waals surface area contributed by atoms with Gasteiger partial charge in [0, 0.05) is 20.1 Å². The van der Waals surface area contributed by atoms with Crippen molar-refractivity contribution in [1.29, 1.82) is 0 Å². The lowest BCUT2D eigenvalue weighted by atomic mass is 10.3. The molecule has 6 heteroatoms. The molecule has 2 rings (SSSR count). The summed E-state index contributed by atoms with van der Waals surface area (Å²) in [6.07, 6.45) is 0.456. The van der Waals surface area contributed by atoms with Crippen LogP contribution in [-0.4, -0.2) is 51.4 Å². The Morgan fingerprint density at radius 2 is 2.28 bits per heavy atom. The second-order valence-corrected chi connectivity index (χ2v) is 4.90. The van der Waals surface area contributed by atoms with Gasteiger partial charge in [0.15, 0.2) is 0 Å². The summed E-state index contributed by atoms with van der Waals surface area (Å²) in [5.41, 5.74) is 2.56. The first-order valence-electron chi connectivity index (χ1n) is 6.18. The first-order valence-corrected chi connectivity index (χ1v) is 6.18. The number of hydrogen-bond acceptors (Lipinski definition) is 4. The number of rotatable bonds is 3. The minimum absolute atomic E-state index is 0.0525. The van der Waals surface area contributed by atoms with Crippen LogP contribution in [0.2, 0.25) is 0 Å². The molecule has 1 amide bonds. The van der Waals surface area contributed by atoms with Gasteiger partial charge in [-0.05, 0) is 20.3 Å². The van der Waals surface area contributed by atoms with Gasteiger partial charge < -0.3 is 10.4 Å². The maximum absolute atomic E-state index is 11.9. The molecule has 2 N–H and O–H groups in total. The lowest BCUT2D eigenvalue weighted by molar-refractivity contribution is -0.117. The first kappa shape index (κ1) is 13.0. The van der Waals surface area contributed by atoms with E-state index in [0.29, 0.717) is 13.1 Å². The minimum atomic E-state index is -0.292. The van der Waals surface area contributed by atoms with Crippen molar-refractivity contribution in [1.82, 2.24) is 14.7 Å². The zero-order valence-corrected chi connectivity index (χ0v) is 11.1. The third kappa shape index (κ3) is 2.70. The van der Waals surface area contributed by atoms with Gasteiger partial charge in [-0.2, -0.15) is 5.10 Å². The Kier molecular flexibility index (Phi) is 3.68. The summed E-state index contributed by atoms with van der Waals surface area (Å²) in [6.45, 7) is 5.49. The quantitative estimate of drug-likeness (QED) is 0.797. The summed E-state index contributed by atoms with van der Waals surface area (Å²) in [6, 6.07) is 0. The summed E-state index contributed by atoms with van der Waals surface area (Å²) in [5, 5.41) is 16.6. The molecular formula is C12H20N4O2. The predicted octanol–water partition coefficient (Wildman–Crippen LogP) is 0.0420. The average molecular weight is 252 g/mol. The molecule has 1 saturated heterocycles. The molecule has 0 bridgehead atoms. The molecule has 1 fully saturated rings. The van der Waals surface area contributed by atoms with Gasteiger partial charge in [-0.25, -0.2) is 0 Å². The standard InChI is InChI=1S/C12H20N4O2/c1-8-12(9(2)15(3)14-8)13-11(18)7-16-5-4-10(17)6-16/h10,17H,4-7H2,1-3H3,(H,13,18)/t10-/m0/s1. The van der Waals surface area contributed by atoms with Crippen LogP contribution in [0, 0.1) is 13.8 Å². The number of nitrogens with zero attached hydrogens (tertiary/aromatic N) is 3. The minimum Gasteiger partial charge on any atom is -0.392 e. The molecule has 6 nitrogen and oxygen atoms in total. The Morgan fingerprint density at radius 3 is 2.78 bits per heavy atom. The third-order valence-electron chi connectivity index (χ3n) is 3.39. The number of carbonyl (C=O) groups excluding carboxylic acids is 1. The summed E-state index contributed by atoms with van der Waals surface area (Å²) in [5.74, 6) is -0.0525. The molecule has 1 aliphatic heterocycles. The lowest BCUT2D eigenvalue weighted by Gasteiger charge is -2.14. The molecule has 0 unspecified atom stereocenters. The van der Waals surface area contributed by atoms with Gasteiger partial charge in [0.2, 0.25) is 5.91 Å². The Morgan fingerprint density at radius 1 is 1.56 bits per heavy atom. The van der Waals surface area contributed by atoms with Crippen molar-refractivity contribution in [3.8, 4) is 0 Å². The van der Waals surface area contributed by atoms with Gasteiger partial charge in [-0.3, -0.25) is 14.4 Å². The van der Waals surface area contributed by atoms with Crippen LogP contribution in [0.4, 0.5) is 5.69 Å². The molecule has 0 aliphatic carbocycles. The second-order valence-electron chi connectivity index (χ2n) is 4.90. The summed E-state index contributed by atoms with van der Waals surface area (Å²) in [4.78, 5) is 13.9. The number of carbonyl (C=O) groups is 1. The number of β-amino-alcohol motifs (C(OH)–C–C–N with tert-alkyl or cyclic N) is 1. The van der Waals surface area contributed by atoms with Crippen molar-refractivity contribution in [2.75, 3.05) is 25.0 Å². The van der Waals surface area contributed by atoms with Crippen molar-refractivity contribution in [3.63, 3.8) is 0 Å². The van der Waals surface area contributed by atoms with Crippen molar-refractivity contribution >= 4 is 11.6 Å². The Balaban J connectivity index is 1.95. The third-order valence-corrected chi connectivity index (χ3v) is 3.39. The van der Waals surface area contributed by atoms with E-state index in [-0.39, 0.29) is 12.0 Å². The maximum Gasteiger partial charge on any atom is 0.238 e. The second kappa shape index (κ2) is 5.07. The van der Waals surface area contributed by atoms with E-state index >= 15 is 0 Å². The van der Waals surface area contributed by atoms with Gasteiger partial charge in [-0.1, -0.05) is 0 Å². The zero-order chi connectivity index (χ0) is 13.3. The van der Waals surface area contributed by atoms with Crippen molar-refractivity contribution < 1.29 is 9.90 Å². The van der Waals surface area contributed by atoms with Crippen LogP contribution < -0.4 is 5.32 Å². The van der Waals surface area contributed by atoms with Gasteiger partial charge in [0.1, 0.15) is 0 Å². The Hall–Kier alpha value is -1.40. The molecule has 1 aromatic heterocycles. The van der Waals surface area contributed by atoms with Crippen LogP contribution in [-0.2, 0) is 11.8 Å². The van der Waals surface area contributed by atoms with E-state index in [4.69, 9.17) is 0 Å². The molecular weight excluding hydrogens is 232 g/mol. The van der Waals surface area contributed by atoms with Crippen molar-refractivity contribution in [3.05, 3.63) is 11.4 Å². The molecule has 1 aliphatic rings. The molecule has 0 aromatic carbocycles. The number of amides is 1. The summed E-state index contributed by atoms with van der Waals surface area (Å²) in [7, 11) is 1.86. The zero-order valence-electron chi connectivity index (χ0n) is 11.1. The van der Waals surface area contributed by atoms with Gasteiger partial charge in [0.05, 0.1) is 29.7 Å². The number of aryl methyl sites for hydroxylation is 2.